The number of nitrogens with zero attached hydrogens (tertiary/aromatic N) is 2. The number of anilines is 2. The molecular weight excluding hydrogens is 344 g/mol. The van der Waals surface area contributed by atoms with Crippen molar-refractivity contribution in [2.75, 3.05) is 10.6 Å². The van der Waals surface area contributed by atoms with E-state index >= 15 is 0 Å². The highest BCUT2D eigenvalue weighted by Crippen LogP contribution is 2.22. The van der Waals surface area contributed by atoms with Crippen molar-refractivity contribution in [2.24, 2.45) is 10.8 Å². The number of nitrogens with one attached hydrogen (secondary N) is 2. The molecule has 0 atom stereocenters. The summed E-state index contributed by atoms with van der Waals surface area (Å²) in [6.45, 7) is 11.0. The molecule has 2 amide bonds. The lowest BCUT2D eigenvalue weighted by molar-refractivity contribution is -0.123. The van der Waals surface area contributed by atoms with Crippen molar-refractivity contribution in [3.63, 3.8) is 0 Å². The number of hydrogen-bond donors (Lipinski definition) is 3. The van der Waals surface area contributed by atoms with Crippen LogP contribution in [0.4, 0.5) is 11.5 Å². The average Bonchev–Trinajstić information content (AvgIpc) is 2.57. The zero-order valence-corrected chi connectivity index (χ0v) is 16.7. The summed E-state index contributed by atoms with van der Waals surface area (Å²) >= 11 is 0. The number of rotatable bonds is 2. The van der Waals surface area contributed by atoms with Gasteiger partial charge in [0.15, 0.2) is 11.6 Å². The molecule has 7 heteroatoms. The van der Waals surface area contributed by atoms with E-state index in [0.29, 0.717) is 0 Å². The van der Waals surface area contributed by atoms with E-state index in [2.05, 4.69) is 20.6 Å². The molecule has 0 radical (unpaired) electrons. The van der Waals surface area contributed by atoms with Gasteiger partial charge in [0.05, 0.1) is 0 Å². The third kappa shape index (κ3) is 7.85. The van der Waals surface area contributed by atoms with Crippen LogP contribution in [0.1, 0.15) is 41.5 Å². The molecule has 27 heavy (non-hydrogen) atoms. The van der Waals surface area contributed by atoms with Crippen LogP contribution < -0.4 is 10.6 Å². The molecule has 0 fully saturated rings. The molecule has 0 unspecified atom stereocenters. The number of hydrogen-bond acceptors (Lipinski definition) is 5. The number of aromatic hydroxyl groups is 1. The summed E-state index contributed by atoms with van der Waals surface area (Å²) in [7, 11) is 0. The molecule has 3 N–H and O–H groups in total. The van der Waals surface area contributed by atoms with E-state index < -0.39 is 5.41 Å². The van der Waals surface area contributed by atoms with E-state index in [1.807, 2.05) is 20.8 Å². The molecule has 0 aliphatic heterocycles. The van der Waals surface area contributed by atoms with Crippen LogP contribution in [0, 0.1) is 10.8 Å². The number of amides is 2. The van der Waals surface area contributed by atoms with Crippen molar-refractivity contribution in [1.82, 2.24) is 9.97 Å². The number of carbonyl (C=O) groups is 2. The lowest BCUT2D eigenvalue weighted by atomic mass is 9.95. The van der Waals surface area contributed by atoms with Crippen LogP contribution in [0.5, 0.6) is 5.75 Å². The number of pyridine rings is 2. The molecular formula is C20H28N4O3. The van der Waals surface area contributed by atoms with Gasteiger partial charge in [-0.2, -0.15) is 0 Å². The van der Waals surface area contributed by atoms with Crippen LogP contribution in [-0.2, 0) is 9.59 Å². The Labute approximate surface area is 160 Å². The van der Waals surface area contributed by atoms with Gasteiger partial charge in [-0.25, -0.2) is 4.98 Å². The molecule has 7 nitrogen and oxygen atoms in total. The Morgan fingerprint density at radius 3 is 1.85 bits per heavy atom. The lowest BCUT2D eigenvalue weighted by Crippen LogP contribution is -2.28. The zero-order chi connectivity index (χ0) is 20.7. The highest BCUT2D eigenvalue weighted by atomic mass is 16.3. The Balaban J connectivity index is 0.000000271. The lowest BCUT2D eigenvalue weighted by Gasteiger charge is -2.17. The molecule has 0 spiro atoms. The Morgan fingerprint density at radius 1 is 0.852 bits per heavy atom. The number of carbonyl (C=O) groups excluding carboxylic acids is 2. The van der Waals surface area contributed by atoms with Gasteiger partial charge in [-0.05, 0) is 24.3 Å². The summed E-state index contributed by atoms with van der Waals surface area (Å²) in [6, 6.07) is 6.61. The molecule has 2 aromatic rings. The second-order valence-electron chi connectivity index (χ2n) is 8.02. The third-order valence-corrected chi connectivity index (χ3v) is 3.32. The van der Waals surface area contributed by atoms with Crippen molar-refractivity contribution >= 4 is 23.3 Å². The van der Waals surface area contributed by atoms with Crippen molar-refractivity contribution < 1.29 is 14.7 Å². The van der Waals surface area contributed by atoms with Gasteiger partial charge < -0.3 is 15.7 Å². The van der Waals surface area contributed by atoms with Gasteiger partial charge in [0.1, 0.15) is 0 Å². The second-order valence-corrected chi connectivity index (χ2v) is 8.02. The van der Waals surface area contributed by atoms with E-state index in [4.69, 9.17) is 0 Å². The molecule has 0 aromatic carbocycles. The van der Waals surface area contributed by atoms with Gasteiger partial charge in [0, 0.05) is 35.1 Å². The van der Waals surface area contributed by atoms with Gasteiger partial charge in [0.2, 0.25) is 11.8 Å². The summed E-state index contributed by atoms with van der Waals surface area (Å²) in [5, 5.41) is 14.7. The highest BCUT2D eigenvalue weighted by Gasteiger charge is 2.22. The molecule has 0 aliphatic rings. The maximum absolute atomic E-state index is 11.5. The first-order valence-corrected chi connectivity index (χ1v) is 8.58. The van der Waals surface area contributed by atoms with Crippen LogP contribution in [-0.4, -0.2) is 26.9 Å². The Morgan fingerprint density at radius 2 is 1.37 bits per heavy atom. The van der Waals surface area contributed by atoms with Crippen molar-refractivity contribution in [3.8, 4) is 5.75 Å². The molecule has 0 saturated heterocycles. The Kier molecular flexibility index (Phi) is 7.45. The minimum Gasteiger partial charge on any atom is -0.504 e. The second kappa shape index (κ2) is 9.12. The van der Waals surface area contributed by atoms with E-state index in [-0.39, 0.29) is 28.8 Å². The van der Waals surface area contributed by atoms with E-state index in [0.717, 1.165) is 5.69 Å². The molecule has 0 bridgehead atoms. The van der Waals surface area contributed by atoms with Crippen LogP contribution in [0.25, 0.3) is 0 Å². The standard InChI is InChI=1S/C10H14N2O2.C10H14N2O/c1-10(2,3)9(14)12-8-7(13)5-4-6-11-8;1-10(2,3)9(13)12-8-4-6-11-7-5-8/h4-6,13H,1-3H3,(H,11,12,14);4-7H,1-3H3,(H,11,12,13). The van der Waals surface area contributed by atoms with Crippen molar-refractivity contribution in [1.29, 1.82) is 0 Å². The maximum atomic E-state index is 11.5. The normalized spacial score (nSPS) is 11.0. The maximum Gasteiger partial charge on any atom is 0.231 e. The smallest absolute Gasteiger partial charge is 0.231 e. The van der Waals surface area contributed by atoms with Crippen LogP contribution in [0.2, 0.25) is 0 Å². The van der Waals surface area contributed by atoms with E-state index in [1.54, 1.807) is 51.4 Å². The molecule has 2 heterocycles. The molecule has 0 saturated carbocycles. The van der Waals surface area contributed by atoms with E-state index in [1.165, 1.54) is 12.3 Å². The van der Waals surface area contributed by atoms with Gasteiger partial charge in [0.25, 0.3) is 0 Å². The summed E-state index contributed by atoms with van der Waals surface area (Å²) in [5.41, 5.74) is -0.0670. The predicted molar refractivity (Wildman–Crippen MR) is 106 cm³/mol. The number of aromatic nitrogens is 2. The first-order chi connectivity index (χ1) is 12.4. The fourth-order valence-corrected chi connectivity index (χ4v) is 1.54. The minimum absolute atomic E-state index is 0.0127. The Bertz CT molecular complexity index is 763. The van der Waals surface area contributed by atoms with Crippen LogP contribution >= 0.6 is 0 Å². The monoisotopic (exact) mass is 372 g/mol. The summed E-state index contributed by atoms with van der Waals surface area (Å²) in [4.78, 5) is 30.7. The summed E-state index contributed by atoms with van der Waals surface area (Å²) < 4.78 is 0. The van der Waals surface area contributed by atoms with E-state index in [9.17, 15) is 14.7 Å². The van der Waals surface area contributed by atoms with Crippen molar-refractivity contribution in [3.05, 3.63) is 42.9 Å². The van der Waals surface area contributed by atoms with Gasteiger partial charge in [-0.3, -0.25) is 14.6 Å². The average molecular weight is 372 g/mol. The van der Waals surface area contributed by atoms with Crippen LogP contribution in [0.15, 0.2) is 42.9 Å². The summed E-state index contributed by atoms with van der Waals surface area (Å²) in [6.07, 6.45) is 4.81. The molecule has 146 valence electrons. The molecule has 0 aliphatic carbocycles. The predicted octanol–water partition coefficient (Wildman–Crippen LogP) is 3.84. The largest absolute Gasteiger partial charge is 0.504 e. The first-order valence-electron chi connectivity index (χ1n) is 8.58. The van der Waals surface area contributed by atoms with Gasteiger partial charge >= 0.3 is 0 Å². The van der Waals surface area contributed by atoms with Crippen LogP contribution in [0.3, 0.4) is 0 Å². The fraction of sp³-hybridized carbons (Fsp3) is 0.400. The van der Waals surface area contributed by atoms with Gasteiger partial charge in [-0.1, -0.05) is 41.5 Å². The minimum atomic E-state index is -0.496. The zero-order valence-electron chi connectivity index (χ0n) is 16.7. The Hall–Kier alpha value is -2.96. The topological polar surface area (TPSA) is 104 Å². The molecule has 2 aromatic heterocycles. The highest BCUT2D eigenvalue weighted by molar-refractivity contribution is 5.95. The summed E-state index contributed by atoms with van der Waals surface area (Å²) in [5.74, 6) is 0.0164. The van der Waals surface area contributed by atoms with Crippen molar-refractivity contribution in [2.45, 2.75) is 41.5 Å². The quantitative estimate of drug-likeness (QED) is 0.743. The molecule has 2 rings (SSSR count). The van der Waals surface area contributed by atoms with Gasteiger partial charge in [-0.15, -0.1) is 0 Å². The fourth-order valence-electron chi connectivity index (χ4n) is 1.54. The third-order valence-electron chi connectivity index (χ3n) is 3.32. The SMILES string of the molecule is CC(C)(C)C(=O)Nc1ccncc1.CC(C)(C)C(=O)Nc1ncccc1O. The first kappa shape index (κ1) is 22.1.